The van der Waals surface area contributed by atoms with E-state index in [0.717, 1.165) is 38.0 Å². The molecular weight excluding hydrogens is 262 g/mol. The first-order valence-corrected chi connectivity index (χ1v) is 8.94. The summed E-state index contributed by atoms with van der Waals surface area (Å²) in [4.78, 5) is 4.26. The predicted octanol–water partition coefficient (Wildman–Crippen LogP) is 3.08. The van der Waals surface area contributed by atoms with Gasteiger partial charge in [-0.15, -0.1) is 0 Å². The quantitative estimate of drug-likeness (QED) is 0.390. The number of rotatable bonds is 9. The number of guanidine groups is 1. The number of ether oxygens (including phenoxy) is 1. The maximum atomic E-state index is 5.93. The van der Waals surface area contributed by atoms with Gasteiger partial charge in [0.2, 0.25) is 0 Å². The number of hydrogen-bond donors (Lipinski definition) is 2. The van der Waals surface area contributed by atoms with Crippen LogP contribution in [0.1, 0.15) is 64.2 Å². The Balaban J connectivity index is 1.41. The van der Waals surface area contributed by atoms with Gasteiger partial charge in [-0.05, 0) is 38.0 Å². The first kappa shape index (κ1) is 16.6. The minimum atomic E-state index is 0.526. The summed E-state index contributed by atoms with van der Waals surface area (Å²) in [7, 11) is 1.84. The highest BCUT2D eigenvalue weighted by Gasteiger charge is 2.19. The van der Waals surface area contributed by atoms with E-state index in [2.05, 4.69) is 15.6 Å². The highest BCUT2D eigenvalue weighted by atomic mass is 16.5. The highest BCUT2D eigenvalue weighted by molar-refractivity contribution is 5.79. The molecule has 4 nitrogen and oxygen atoms in total. The van der Waals surface area contributed by atoms with Crippen molar-refractivity contribution in [3.8, 4) is 0 Å². The third-order valence-electron chi connectivity index (χ3n) is 4.52. The van der Waals surface area contributed by atoms with E-state index in [1.165, 1.54) is 57.8 Å². The number of nitrogens with one attached hydrogen (secondary N) is 2. The lowest BCUT2D eigenvalue weighted by atomic mass is 9.98. The first-order valence-electron chi connectivity index (χ1n) is 8.94. The van der Waals surface area contributed by atoms with Crippen molar-refractivity contribution in [1.82, 2.24) is 10.6 Å². The van der Waals surface area contributed by atoms with Crippen molar-refractivity contribution < 1.29 is 4.74 Å². The Morgan fingerprint density at radius 2 is 1.71 bits per heavy atom. The van der Waals surface area contributed by atoms with Crippen LogP contribution in [0.4, 0.5) is 0 Å². The van der Waals surface area contributed by atoms with Crippen molar-refractivity contribution in [2.75, 3.05) is 26.7 Å². The Bertz CT molecular complexity index is 296. The summed E-state index contributed by atoms with van der Waals surface area (Å²) >= 11 is 0. The molecule has 2 saturated carbocycles. The molecule has 0 radical (unpaired) electrons. The van der Waals surface area contributed by atoms with E-state index in [1.807, 2.05) is 7.05 Å². The molecule has 0 spiro atoms. The second-order valence-corrected chi connectivity index (χ2v) is 6.50. The molecule has 0 heterocycles. The van der Waals surface area contributed by atoms with Gasteiger partial charge < -0.3 is 15.4 Å². The minimum absolute atomic E-state index is 0.526. The Morgan fingerprint density at radius 3 is 2.38 bits per heavy atom. The molecule has 2 N–H and O–H groups in total. The Morgan fingerprint density at radius 1 is 1.00 bits per heavy atom. The monoisotopic (exact) mass is 295 g/mol. The average molecular weight is 295 g/mol. The summed E-state index contributed by atoms with van der Waals surface area (Å²) in [5.41, 5.74) is 0. The lowest BCUT2D eigenvalue weighted by Crippen LogP contribution is -2.38. The van der Waals surface area contributed by atoms with E-state index in [0.29, 0.717) is 6.10 Å². The summed E-state index contributed by atoms with van der Waals surface area (Å²) < 4.78 is 5.93. The van der Waals surface area contributed by atoms with Crippen molar-refractivity contribution in [2.45, 2.75) is 70.3 Å². The molecule has 2 fully saturated rings. The summed E-state index contributed by atoms with van der Waals surface area (Å²) in [6, 6.07) is 0. The fourth-order valence-corrected chi connectivity index (χ4v) is 2.99. The molecule has 2 rings (SSSR count). The third-order valence-corrected chi connectivity index (χ3v) is 4.52. The zero-order chi connectivity index (χ0) is 14.8. The zero-order valence-electron chi connectivity index (χ0n) is 13.7. The van der Waals surface area contributed by atoms with E-state index < -0.39 is 0 Å². The van der Waals surface area contributed by atoms with E-state index >= 15 is 0 Å². The van der Waals surface area contributed by atoms with E-state index in [4.69, 9.17) is 4.74 Å². The normalized spacial score (nSPS) is 20.5. The van der Waals surface area contributed by atoms with Gasteiger partial charge in [-0.25, -0.2) is 0 Å². The highest BCUT2D eigenvalue weighted by Crippen LogP contribution is 2.33. The van der Waals surface area contributed by atoms with Crippen LogP contribution in [0.5, 0.6) is 0 Å². The van der Waals surface area contributed by atoms with Crippen LogP contribution < -0.4 is 10.6 Å². The average Bonchev–Trinajstić information content (AvgIpc) is 3.34. The van der Waals surface area contributed by atoms with E-state index in [-0.39, 0.29) is 0 Å². The first-order chi connectivity index (χ1) is 10.4. The molecule has 0 atom stereocenters. The van der Waals surface area contributed by atoms with Gasteiger partial charge in [0.05, 0.1) is 6.10 Å². The van der Waals surface area contributed by atoms with Gasteiger partial charge in [0, 0.05) is 26.7 Å². The van der Waals surface area contributed by atoms with Crippen LogP contribution in [0.3, 0.4) is 0 Å². The smallest absolute Gasteiger partial charge is 0.190 e. The largest absolute Gasteiger partial charge is 0.378 e. The van der Waals surface area contributed by atoms with E-state index in [9.17, 15) is 0 Å². The molecule has 0 aromatic rings. The molecule has 0 bridgehead atoms. The van der Waals surface area contributed by atoms with Crippen molar-refractivity contribution in [1.29, 1.82) is 0 Å². The Labute approximate surface area is 130 Å². The summed E-state index contributed by atoms with van der Waals surface area (Å²) in [5, 5.41) is 6.76. The van der Waals surface area contributed by atoms with Gasteiger partial charge >= 0.3 is 0 Å². The molecule has 4 heteroatoms. The molecule has 2 aliphatic rings. The Kier molecular flexibility index (Phi) is 7.94. The Hall–Kier alpha value is -0.770. The van der Waals surface area contributed by atoms with Crippen LogP contribution in [0.15, 0.2) is 4.99 Å². The van der Waals surface area contributed by atoms with Crippen LogP contribution in [-0.4, -0.2) is 38.8 Å². The van der Waals surface area contributed by atoms with Crippen LogP contribution in [0.25, 0.3) is 0 Å². The van der Waals surface area contributed by atoms with Gasteiger partial charge in [0.1, 0.15) is 0 Å². The van der Waals surface area contributed by atoms with Crippen molar-refractivity contribution in [3.05, 3.63) is 0 Å². The molecule has 2 aliphatic carbocycles. The molecule has 21 heavy (non-hydrogen) atoms. The van der Waals surface area contributed by atoms with Crippen molar-refractivity contribution in [3.63, 3.8) is 0 Å². The predicted molar refractivity (Wildman–Crippen MR) is 88.8 cm³/mol. The zero-order valence-corrected chi connectivity index (χ0v) is 13.7. The topological polar surface area (TPSA) is 45.7 Å². The molecule has 0 saturated heterocycles. The summed E-state index contributed by atoms with van der Waals surface area (Å²) in [6.07, 6.45) is 13.7. The summed E-state index contributed by atoms with van der Waals surface area (Å²) in [5.74, 6) is 1.96. The van der Waals surface area contributed by atoms with Crippen LogP contribution >= 0.6 is 0 Å². The van der Waals surface area contributed by atoms with Gasteiger partial charge in [-0.2, -0.15) is 0 Å². The van der Waals surface area contributed by atoms with Gasteiger partial charge in [-0.3, -0.25) is 4.99 Å². The van der Waals surface area contributed by atoms with Gasteiger partial charge in [0.15, 0.2) is 5.96 Å². The van der Waals surface area contributed by atoms with Crippen molar-refractivity contribution in [2.24, 2.45) is 10.9 Å². The second-order valence-electron chi connectivity index (χ2n) is 6.50. The fraction of sp³-hybridized carbons (Fsp3) is 0.941. The number of hydrogen-bond acceptors (Lipinski definition) is 2. The lowest BCUT2D eigenvalue weighted by molar-refractivity contribution is 0.0277. The molecule has 0 unspecified atom stereocenters. The molecule has 0 amide bonds. The maximum Gasteiger partial charge on any atom is 0.190 e. The number of nitrogens with zero attached hydrogens (tertiary/aromatic N) is 1. The second kappa shape index (κ2) is 10.0. The maximum absolute atomic E-state index is 5.93. The molecule has 0 aliphatic heterocycles. The van der Waals surface area contributed by atoms with Gasteiger partial charge in [-0.1, -0.05) is 32.1 Å². The third kappa shape index (κ3) is 7.70. The van der Waals surface area contributed by atoms with Crippen LogP contribution in [0.2, 0.25) is 0 Å². The van der Waals surface area contributed by atoms with Crippen molar-refractivity contribution >= 4 is 5.96 Å². The summed E-state index contributed by atoms with van der Waals surface area (Å²) in [6.45, 7) is 2.85. The number of aliphatic imine (C=N–C) groups is 1. The standard InChI is InChI=1S/C17H33N3O/c1-18-17(19-12-5-7-15-10-11-15)20-13-6-14-21-16-8-3-2-4-9-16/h15-16H,2-14H2,1H3,(H2,18,19,20). The minimum Gasteiger partial charge on any atom is -0.378 e. The lowest BCUT2D eigenvalue weighted by Gasteiger charge is -2.22. The van der Waals surface area contributed by atoms with Gasteiger partial charge in [0.25, 0.3) is 0 Å². The van der Waals surface area contributed by atoms with Crippen LogP contribution in [-0.2, 0) is 4.74 Å². The molecular formula is C17H33N3O. The van der Waals surface area contributed by atoms with E-state index in [1.54, 1.807) is 0 Å². The molecule has 122 valence electrons. The SMILES string of the molecule is CN=C(NCCCOC1CCCCC1)NCCCC1CC1. The molecule has 0 aromatic heterocycles. The fourth-order valence-electron chi connectivity index (χ4n) is 2.99. The van der Waals surface area contributed by atoms with Crippen LogP contribution in [0, 0.1) is 5.92 Å². The molecule has 0 aromatic carbocycles.